The highest BCUT2D eigenvalue weighted by Crippen LogP contribution is 2.35. The van der Waals surface area contributed by atoms with Gasteiger partial charge in [0.05, 0.1) is 28.8 Å². The number of allylic oxidation sites excluding steroid dienone is 1. The topological polar surface area (TPSA) is 99.4 Å². The Morgan fingerprint density at radius 3 is 1.87 bits per heavy atom. The molecule has 6 nitrogen and oxygen atoms in total. The molecule has 0 atom stereocenters. The molecule has 0 aliphatic rings. The summed E-state index contributed by atoms with van der Waals surface area (Å²) < 4.78 is 6.49. The van der Waals surface area contributed by atoms with Crippen molar-refractivity contribution in [3.63, 3.8) is 0 Å². The monoisotopic (exact) mass is 693 g/mol. The fourth-order valence-electron chi connectivity index (χ4n) is 6.45. The highest BCUT2D eigenvalue weighted by Gasteiger charge is 2.20. The average molecular weight is 694 g/mol. The number of para-hydroxylation sites is 1. The van der Waals surface area contributed by atoms with E-state index in [1.165, 1.54) is 0 Å². The van der Waals surface area contributed by atoms with E-state index >= 15 is 0 Å². The first-order valence-corrected chi connectivity index (χ1v) is 17.5. The molecule has 0 unspecified atom stereocenters. The Morgan fingerprint density at radius 1 is 0.574 bits per heavy atom. The van der Waals surface area contributed by atoms with Crippen LogP contribution >= 0.6 is 0 Å². The first-order chi connectivity index (χ1) is 26.6. The summed E-state index contributed by atoms with van der Waals surface area (Å²) in [6, 6.07) is 53.9. The molecule has 254 valence electrons. The van der Waals surface area contributed by atoms with Gasteiger partial charge in [0, 0.05) is 22.1 Å². The molecule has 0 saturated carbocycles. The van der Waals surface area contributed by atoms with Crippen LogP contribution in [-0.4, -0.2) is 15.0 Å². The lowest BCUT2D eigenvalue weighted by Gasteiger charge is -2.10. The van der Waals surface area contributed by atoms with Gasteiger partial charge in [-0.3, -0.25) is 0 Å². The molecule has 0 spiro atoms. The van der Waals surface area contributed by atoms with E-state index in [-0.39, 0.29) is 0 Å². The van der Waals surface area contributed by atoms with Crippen LogP contribution in [0.4, 0.5) is 0 Å². The zero-order valence-electron chi connectivity index (χ0n) is 29.1. The summed E-state index contributed by atoms with van der Waals surface area (Å²) in [5.74, 6) is 2.09. The molecule has 0 amide bonds. The quantitative estimate of drug-likeness (QED) is 0.149. The fourth-order valence-corrected chi connectivity index (χ4v) is 6.45. The average Bonchev–Trinajstić information content (AvgIpc) is 3.62. The van der Waals surface area contributed by atoms with Crippen molar-refractivity contribution in [1.82, 2.24) is 15.0 Å². The minimum atomic E-state index is 0.424. The van der Waals surface area contributed by atoms with Gasteiger partial charge in [-0.05, 0) is 64.6 Å². The van der Waals surface area contributed by atoms with E-state index in [9.17, 15) is 10.5 Å². The summed E-state index contributed by atoms with van der Waals surface area (Å²) >= 11 is 0. The lowest BCUT2D eigenvalue weighted by molar-refractivity contribution is 0.598. The molecule has 6 heteroatoms. The van der Waals surface area contributed by atoms with Crippen LogP contribution in [-0.2, 0) is 6.42 Å². The van der Waals surface area contributed by atoms with E-state index in [0.717, 1.165) is 55.5 Å². The first kappa shape index (κ1) is 33.5. The van der Waals surface area contributed by atoms with Crippen molar-refractivity contribution in [2.75, 3.05) is 0 Å². The van der Waals surface area contributed by atoms with Crippen molar-refractivity contribution in [1.29, 1.82) is 10.5 Å². The normalized spacial score (nSPS) is 11.0. The van der Waals surface area contributed by atoms with Gasteiger partial charge < -0.3 is 4.42 Å². The summed E-state index contributed by atoms with van der Waals surface area (Å²) in [7, 11) is 0. The molecule has 0 bridgehead atoms. The number of fused-ring (bicyclic) bond motifs is 1. The zero-order chi connectivity index (χ0) is 36.9. The lowest BCUT2D eigenvalue weighted by Crippen LogP contribution is -2.03. The molecule has 0 fully saturated rings. The Labute approximate surface area is 313 Å². The van der Waals surface area contributed by atoms with E-state index in [4.69, 9.17) is 19.4 Å². The van der Waals surface area contributed by atoms with Gasteiger partial charge in [0.1, 0.15) is 11.3 Å². The molecule has 54 heavy (non-hydrogen) atoms. The van der Waals surface area contributed by atoms with Gasteiger partial charge >= 0.3 is 0 Å². The predicted molar refractivity (Wildman–Crippen MR) is 215 cm³/mol. The molecule has 0 N–H and O–H groups in total. The van der Waals surface area contributed by atoms with Crippen molar-refractivity contribution < 1.29 is 4.42 Å². The van der Waals surface area contributed by atoms with Crippen LogP contribution in [0.5, 0.6) is 0 Å². The van der Waals surface area contributed by atoms with Crippen LogP contribution in [0.15, 0.2) is 169 Å². The van der Waals surface area contributed by atoms with Crippen molar-refractivity contribution in [3.8, 4) is 57.2 Å². The maximum absolute atomic E-state index is 9.41. The largest absolute Gasteiger partial charge is 0.455 e. The third kappa shape index (κ3) is 6.96. The summed E-state index contributed by atoms with van der Waals surface area (Å²) in [4.78, 5) is 14.9. The second kappa shape index (κ2) is 14.9. The van der Waals surface area contributed by atoms with E-state index in [0.29, 0.717) is 46.4 Å². The second-order valence-electron chi connectivity index (χ2n) is 12.8. The van der Waals surface area contributed by atoms with Gasteiger partial charge in [-0.2, -0.15) is 10.5 Å². The van der Waals surface area contributed by atoms with Crippen LogP contribution < -0.4 is 0 Å². The van der Waals surface area contributed by atoms with E-state index in [1.54, 1.807) is 18.2 Å². The molecule has 6 aromatic carbocycles. The Hall–Kier alpha value is -7.67. The highest BCUT2D eigenvalue weighted by molar-refractivity contribution is 5.94. The molecule has 0 radical (unpaired) electrons. The number of aromatic nitrogens is 3. The van der Waals surface area contributed by atoms with Crippen LogP contribution in [0, 0.1) is 22.7 Å². The van der Waals surface area contributed by atoms with Crippen LogP contribution in [0.3, 0.4) is 0 Å². The summed E-state index contributed by atoms with van der Waals surface area (Å²) in [6.45, 7) is 4.49. The Morgan fingerprint density at radius 2 is 1.17 bits per heavy atom. The standard InChI is InChI=1S/C48H31N5O/c1-32(46-51-47(38-15-6-3-7-16-38)53-48(52-46)40-18-11-17-39(29-40)36-13-4-2-5-14-36)45-43(42-19-8-9-21-44(42)54-45)20-10-12-33-22-24-37(25-23-33)41-27-34(30-49)26-35(28-41)31-50/h2-11,13-29H,1,12H2/b20-10-. The maximum Gasteiger partial charge on any atom is 0.167 e. The van der Waals surface area contributed by atoms with E-state index < -0.39 is 0 Å². The van der Waals surface area contributed by atoms with Crippen LogP contribution in [0.25, 0.3) is 67.6 Å². The number of furan rings is 1. The minimum Gasteiger partial charge on any atom is -0.455 e. The molecule has 0 aliphatic carbocycles. The summed E-state index contributed by atoms with van der Waals surface area (Å²) in [5.41, 5.74) is 9.88. The van der Waals surface area contributed by atoms with Crippen molar-refractivity contribution >= 4 is 22.6 Å². The third-order valence-corrected chi connectivity index (χ3v) is 9.19. The van der Waals surface area contributed by atoms with Crippen LogP contribution in [0.2, 0.25) is 0 Å². The van der Waals surface area contributed by atoms with Crippen molar-refractivity contribution in [3.05, 3.63) is 198 Å². The van der Waals surface area contributed by atoms with Crippen molar-refractivity contribution in [2.24, 2.45) is 0 Å². The van der Waals surface area contributed by atoms with Crippen LogP contribution in [0.1, 0.15) is 33.8 Å². The molecule has 2 aromatic heterocycles. The van der Waals surface area contributed by atoms with E-state index in [1.807, 2.05) is 97.1 Å². The zero-order valence-corrected chi connectivity index (χ0v) is 29.1. The highest BCUT2D eigenvalue weighted by atomic mass is 16.3. The smallest absolute Gasteiger partial charge is 0.167 e. The number of hydrogen-bond donors (Lipinski definition) is 0. The number of nitriles is 2. The van der Waals surface area contributed by atoms with E-state index in [2.05, 4.69) is 67.3 Å². The number of nitrogens with zero attached hydrogens (tertiary/aromatic N) is 5. The lowest BCUT2D eigenvalue weighted by atomic mass is 9.98. The number of hydrogen-bond acceptors (Lipinski definition) is 6. The third-order valence-electron chi connectivity index (χ3n) is 9.19. The van der Waals surface area contributed by atoms with Gasteiger partial charge in [0.2, 0.25) is 0 Å². The second-order valence-corrected chi connectivity index (χ2v) is 12.8. The van der Waals surface area contributed by atoms with Gasteiger partial charge in [-0.1, -0.05) is 140 Å². The SMILES string of the molecule is C=C(c1nc(-c2ccccc2)nc(-c2cccc(-c3ccccc3)c2)n1)c1oc2ccccc2c1/C=C\Cc1ccc(-c2cc(C#N)cc(C#N)c2)cc1. The molecule has 0 saturated heterocycles. The fraction of sp³-hybridized carbons (Fsp3) is 0.0208. The Kier molecular flexibility index (Phi) is 9.23. The van der Waals surface area contributed by atoms with Gasteiger partial charge in [0.15, 0.2) is 17.5 Å². The predicted octanol–water partition coefficient (Wildman–Crippen LogP) is 11.3. The minimum absolute atomic E-state index is 0.424. The molecule has 0 aliphatic heterocycles. The number of rotatable bonds is 9. The van der Waals surface area contributed by atoms with Gasteiger partial charge in [-0.15, -0.1) is 0 Å². The molecular formula is C48H31N5O. The Balaban J connectivity index is 1.14. The molecule has 8 aromatic rings. The summed E-state index contributed by atoms with van der Waals surface area (Å²) in [5, 5.41) is 19.8. The van der Waals surface area contributed by atoms with Gasteiger partial charge in [0.25, 0.3) is 0 Å². The van der Waals surface area contributed by atoms with Crippen molar-refractivity contribution in [2.45, 2.75) is 6.42 Å². The first-order valence-electron chi connectivity index (χ1n) is 17.5. The summed E-state index contributed by atoms with van der Waals surface area (Å²) in [6.07, 6.45) is 4.84. The maximum atomic E-state index is 9.41. The molecular weight excluding hydrogens is 663 g/mol. The van der Waals surface area contributed by atoms with Gasteiger partial charge in [-0.25, -0.2) is 15.0 Å². The molecule has 2 heterocycles. The molecule has 8 rings (SSSR count). The number of benzene rings is 6. The Bertz CT molecular complexity index is 2740.